The van der Waals surface area contributed by atoms with Crippen LogP contribution < -0.4 is 10.6 Å². The molecule has 26 nitrogen and oxygen atoms in total. The van der Waals surface area contributed by atoms with Crippen molar-refractivity contribution in [1.29, 1.82) is 0 Å². The van der Waals surface area contributed by atoms with Crippen LogP contribution in [-0.4, -0.2) is 230 Å². The molecule has 56 heavy (non-hydrogen) atoms. The lowest BCUT2D eigenvalue weighted by Crippen LogP contribution is -2.70. The molecule has 322 valence electrons. The van der Waals surface area contributed by atoms with E-state index < -0.39 is 161 Å². The van der Waals surface area contributed by atoms with Gasteiger partial charge in [0.25, 0.3) is 0 Å². The Labute approximate surface area is 318 Å². The van der Waals surface area contributed by atoms with Gasteiger partial charge in [0.1, 0.15) is 97.5 Å². The summed E-state index contributed by atoms with van der Waals surface area (Å²) in [5, 5.41) is 124. The third-order valence-corrected chi connectivity index (χ3v) is 9.53. The van der Waals surface area contributed by atoms with Gasteiger partial charge in [-0.25, -0.2) is 0 Å². The van der Waals surface area contributed by atoms with Crippen molar-refractivity contribution in [3.8, 4) is 0 Å². The number of rotatable bonds is 16. The van der Waals surface area contributed by atoms with Crippen molar-refractivity contribution in [1.82, 2.24) is 10.6 Å². The molecular weight excluding hydrogens is 766 g/mol. The molecule has 0 aromatic heterocycles. The lowest BCUT2D eigenvalue weighted by molar-refractivity contribution is -0.377. The van der Waals surface area contributed by atoms with Gasteiger partial charge in [-0.05, 0) is 5.53 Å². The summed E-state index contributed by atoms with van der Waals surface area (Å²) in [6, 6.07) is -3.00. The summed E-state index contributed by atoms with van der Waals surface area (Å²) in [6.45, 7) is -1.68. The Morgan fingerprint density at radius 1 is 0.571 bits per heavy atom. The van der Waals surface area contributed by atoms with Crippen molar-refractivity contribution in [3.05, 3.63) is 10.4 Å². The minimum Gasteiger partial charge on any atom is -0.394 e. The maximum atomic E-state index is 12.4. The number of azide groups is 1. The van der Waals surface area contributed by atoms with Gasteiger partial charge >= 0.3 is 0 Å². The second kappa shape index (κ2) is 21.0. The summed E-state index contributed by atoms with van der Waals surface area (Å²) in [4.78, 5) is 27.1. The predicted octanol–water partition coefficient (Wildman–Crippen LogP) is -8.13. The smallest absolute Gasteiger partial charge is 0.217 e. The monoisotopic (exact) mass is 817 g/mol. The molecule has 4 fully saturated rings. The fraction of sp³-hybridized carbons (Fsp3) is 0.933. The first-order valence-corrected chi connectivity index (χ1v) is 17.6. The number of hydrogen-bond acceptors (Lipinski definition) is 22. The van der Waals surface area contributed by atoms with E-state index in [2.05, 4.69) is 20.7 Å². The summed E-state index contributed by atoms with van der Waals surface area (Å²) in [7, 11) is 0. The minimum absolute atomic E-state index is 0.149. The first-order valence-electron chi connectivity index (χ1n) is 17.6. The lowest BCUT2D eigenvalue weighted by atomic mass is 9.94. The van der Waals surface area contributed by atoms with Crippen molar-refractivity contribution >= 4 is 11.8 Å². The molecule has 13 N–H and O–H groups in total. The van der Waals surface area contributed by atoms with Gasteiger partial charge < -0.3 is 105 Å². The third kappa shape index (κ3) is 10.6. The largest absolute Gasteiger partial charge is 0.394 e. The van der Waals surface area contributed by atoms with Gasteiger partial charge in [-0.2, -0.15) is 0 Å². The Morgan fingerprint density at radius 2 is 1.04 bits per heavy atom. The molecule has 20 atom stereocenters. The molecule has 0 radical (unpaired) electrons. The molecule has 4 saturated heterocycles. The number of ether oxygens (including phenoxy) is 8. The van der Waals surface area contributed by atoms with Crippen molar-refractivity contribution < 1.29 is 104 Å². The number of aliphatic hydroxyl groups excluding tert-OH is 11. The third-order valence-electron chi connectivity index (χ3n) is 9.53. The van der Waals surface area contributed by atoms with Crippen LogP contribution in [0.15, 0.2) is 5.11 Å². The van der Waals surface area contributed by atoms with Crippen LogP contribution in [0.4, 0.5) is 0 Å². The highest BCUT2D eigenvalue weighted by Gasteiger charge is 2.56. The van der Waals surface area contributed by atoms with E-state index in [9.17, 15) is 65.8 Å². The van der Waals surface area contributed by atoms with E-state index in [4.69, 9.17) is 43.4 Å². The van der Waals surface area contributed by atoms with Crippen LogP contribution in [0.5, 0.6) is 0 Å². The van der Waals surface area contributed by atoms with E-state index in [1.165, 1.54) is 0 Å². The van der Waals surface area contributed by atoms with Gasteiger partial charge in [0.2, 0.25) is 11.8 Å². The van der Waals surface area contributed by atoms with Crippen LogP contribution >= 0.6 is 0 Å². The summed E-state index contributed by atoms with van der Waals surface area (Å²) in [6.07, 6.45) is -31.5. The van der Waals surface area contributed by atoms with E-state index >= 15 is 0 Å². The fourth-order valence-electron chi connectivity index (χ4n) is 6.72. The molecular formula is C30H51N5O21. The molecule has 4 aliphatic rings. The van der Waals surface area contributed by atoms with Crippen molar-refractivity contribution in [2.75, 3.05) is 39.6 Å². The van der Waals surface area contributed by atoms with Gasteiger partial charge in [0.15, 0.2) is 25.2 Å². The molecule has 0 aliphatic carbocycles. The molecule has 2 amide bonds. The van der Waals surface area contributed by atoms with Gasteiger partial charge in [-0.1, -0.05) is 5.11 Å². The average Bonchev–Trinajstić information content (AvgIpc) is 3.16. The molecule has 4 rings (SSSR count). The quantitative estimate of drug-likeness (QED) is 0.0298. The zero-order valence-electron chi connectivity index (χ0n) is 30.1. The van der Waals surface area contributed by atoms with Crippen LogP contribution in [-0.2, 0) is 47.5 Å². The number of carbonyl (C=O) groups is 2. The number of nitrogens with zero attached hydrogens (tertiary/aromatic N) is 3. The molecule has 26 heteroatoms. The predicted molar refractivity (Wildman–Crippen MR) is 175 cm³/mol. The zero-order valence-corrected chi connectivity index (χ0v) is 30.1. The average molecular weight is 818 g/mol. The van der Waals surface area contributed by atoms with Crippen LogP contribution in [0.2, 0.25) is 0 Å². The Bertz CT molecular complexity index is 1320. The maximum Gasteiger partial charge on any atom is 0.217 e. The number of carbonyl (C=O) groups excluding carboxylic acids is 2. The van der Waals surface area contributed by atoms with Crippen LogP contribution in [0.1, 0.15) is 13.8 Å². The molecule has 0 aromatic carbocycles. The second-order valence-electron chi connectivity index (χ2n) is 13.4. The van der Waals surface area contributed by atoms with Gasteiger partial charge in [0, 0.05) is 25.3 Å². The van der Waals surface area contributed by atoms with Crippen molar-refractivity contribution in [2.24, 2.45) is 5.11 Å². The molecule has 4 heterocycles. The lowest BCUT2D eigenvalue weighted by Gasteiger charge is -2.50. The topological polar surface area (TPSA) is 403 Å². The van der Waals surface area contributed by atoms with E-state index in [-0.39, 0.29) is 13.2 Å². The van der Waals surface area contributed by atoms with Crippen LogP contribution in [0.25, 0.3) is 10.4 Å². The van der Waals surface area contributed by atoms with E-state index in [1.54, 1.807) is 0 Å². The molecule has 0 bridgehead atoms. The minimum atomic E-state index is -2.07. The van der Waals surface area contributed by atoms with Gasteiger partial charge in [0.05, 0.1) is 33.0 Å². The van der Waals surface area contributed by atoms with E-state index in [1.807, 2.05) is 0 Å². The first-order chi connectivity index (χ1) is 26.6. The Hall–Kier alpha value is -2.51. The summed E-state index contributed by atoms with van der Waals surface area (Å²) in [5.41, 5.74) is 8.53. The van der Waals surface area contributed by atoms with E-state index in [0.29, 0.717) is 0 Å². The second-order valence-corrected chi connectivity index (χ2v) is 13.4. The van der Waals surface area contributed by atoms with Gasteiger partial charge in [-0.3, -0.25) is 9.59 Å². The first kappa shape index (κ1) is 46.2. The highest BCUT2D eigenvalue weighted by atomic mass is 16.8. The number of nitrogens with one attached hydrogen (secondary N) is 2. The summed E-state index contributed by atoms with van der Waals surface area (Å²) in [5.74, 6) is -1.42. The zero-order chi connectivity index (χ0) is 41.4. The Balaban J connectivity index is 1.61. The molecule has 0 aromatic rings. The Kier molecular flexibility index (Phi) is 17.3. The number of aliphatic hydroxyl groups is 11. The standard InChI is InChI=1S/C30H51N5O21/c1-9(40)33-15-20(45)24(14(8-39)53-27(15)49-4-3-32-35-31)54-30-23(48)26(19(44)13(7-38)52-30)56-28-16(34-10(2)41)25(18(43)12(6-37)50-28)55-29-22(47)21(46)17(42)11(5-36)51-29/h11-30,36-39,42-48H,3-8H2,1-2H3,(H,33,40)(H,34,41)/t11-,12-,13-,14-,15-,16-,17+,18-,19+,20-,21+,22-,23-,24-,25-,26+,27-,28+,29+,30+/m1/s1. The number of amides is 2. The summed E-state index contributed by atoms with van der Waals surface area (Å²) >= 11 is 0. The van der Waals surface area contributed by atoms with Gasteiger partial charge in [-0.15, -0.1) is 0 Å². The highest BCUT2D eigenvalue weighted by molar-refractivity contribution is 5.73. The molecule has 0 spiro atoms. The van der Waals surface area contributed by atoms with Crippen molar-refractivity contribution in [2.45, 2.75) is 137 Å². The Morgan fingerprint density at radius 3 is 1.59 bits per heavy atom. The number of hydrogen-bond donors (Lipinski definition) is 13. The molecule has 4 aliphatic heterocycles. The maximum absolute atomic E-state index is 12.4. The van der Waals surface area contributed by atoms with Crippen LogP contribution in [0, 0.1) is 0 Å². The summed E-state index contributed by atoms with van der Waals surface area (Å²) < 4.78 is 45.6. The molecule has 0 unspecified atom stereocenters. The SMILES string of the molecule is CC(=O)N[C@H]1[C@H](OCCN=[N+]=[N-])O[C@H](CO)[C@@H](O[C@@H]2O[C@H](CO)[C@H](O)[C@H](O[C@@H]3O[C@H](CO)[C@@H](O)[C@H](O[C@@H]4O[C@H](CO)[C@H](O)[C@H](O)[C@H]4O)[C@H]3NC(C)=O)[C@H]2O)[C@@H]1O. The van der Waals surface area contributed by atoms with E-state index in [0.717, 1.165) is 13.8 Å². The van der Waals surface area contributed by atoms with Crippen LogP contribution in [0.3, 0.4) is 0 Å². The normalized spacial score (nSPS) is 44.4. The fourth-order valence-corrected chi connectivity index (χ4v) is 6.72. The molecule has 0 saturated carbocycles. The highest BCUT2D eigenvalue weighted by Crippen LogP contribution is 2.34. The van der Waals surface area contributed by atoms with Crippen molar-refractivity contribution in [3.63, 3.8) is 0 Å².